The minimum atomic E-state index is -0.529. The Labute approximate surface area is 176 Å². The molecule has 0 bridgehead atoms. The van der Waals surface area contributed by atoms with Crippen molar-refractivity contribution in [1.29, 1.82) is 0 Å². The molecule has 2 aliphatic heterocycles. The van der Waals surface area contributed by atoms with E-state index in [0.29, 0.717) is 44.7 Å². The maximum atomic E-state index is 14.7. The van der Waals surface area contributed by atoms with Gasteiger partial charge in [0.15, 0.2) is 0 Å². The van der Waals surface area contributed by atoms with E-state index in [1.807, 2.05) is 13.0 Å². The van der Waals surface area contributed by atoms with Gasteiger partial charge in [-0.15, -0.1) is 0 Å². The third-order valence-corrected chi connectivity index (χ3v) is 4.66. The maximum absolute atomic E-state index is 14.7. The number of hydrazone groups is 1. The van der Waals surface area contributed by atoms with Crippen LogP contribution in [0.15, 0.2) is 28.8 Å². The van der Waals surface area contributed by atoms with Crippen molar-refractivity contribution in [3.05, 3.63) is 23.7 Å². The van der Waals surface area contributed by atoms with Gasteiger partial charge in [-0.05, 0) is 19.4 Å². The van der Waals surface area contributed by atoms with Crippen LogP contribution in [0.25, 0.3) is 0 Å². The summed E-state index contributed by atoms with van der Waals surface area (Å²) in [6, 6.07) is 0. The number of carbonyl (C=O) groups excluding carboxylic acids is 3. The Hall–Kier alpha value is -2.91. The Morgan fingerprint density at radius 1 is 1.37 bits per heavy atom. The van der Waals surface area contributed by atoms with Crippen LogP contribution in [0.5, 0.6) is 0 Å². The standard InChI is InChI=1S/C20H30FN5O4/c1-4-6-18(25-12-16(9-19(25)28)11-22-15(3)27)10-17(21)13-24-7-8-26(23-14-24)20(29)30-5-2/h6,10,14,16H,4-5,7-9,11-13H2,1-3H3,(H,22,27). The molecular weight excluding hydrogens is 393 g/mol. The van der Waals surface area contributed by atoms with E-state index in [1.54, 1.807) is 16.7 Å². The van der Waals surface area contributed by atoms with Crippen LogP contribution in [0.1, 0.15) is 33.6 Å². The van der Waals surface area contributed by atoms with Crippen molar-refractivity contribution < 1.29 is 23.5 Å². The Bertz CT molecular complexity index is 737. The molecule has 0 saturated carbocycles. The van der Waals surface area contributed by atoms with E-state index in [-0.39, 0.29) is 30.9 Å². The number of ether oxygens (including phenoxy) is 1. The van der Waals surface area contributed by atoms with Gasteiger partial charge in [-0.25, -0.2) is 9.18 Å². The van der Waals surface area contributed by atoms with Gasteiger partial charge in [0.2, 0.25) is 11.8 Å². The number of hydrogen-bond acceptors (Lipinski definition) is 6. The summed E-state index contributed by atoms with van der Waals surface area (Å²) >= 11 is 0. The van der Waals surface area contributed by atoms with Crippen LogP contribution in [-0.4, -0.2) is 78.4 Å². The summed E-state index contributed by atoms with van der Waals surface area (Å²) in [5.41, 5.74) is 0.521. The van der Waals surface area contributed by atoms with Gasteiger partial charge >= 0.3 is 6.09 Å². The summed E-state index contributed by atoms with van der Waals surface area (Å²) in [5.74, 6) is -0.635. The van der Waals surface area contributed by atoms with E-state index in [0.717, 1.165) is 0 Å². The van der Waals surface area contributed by atoms with Crippen molar-refractivity contribution in [2.45, 2.75) is 33.6 Å². The molecule has 0 radical (unpaired) electrons. The van der Waals surface area contributed by atoms with Gasteiger partial charge in [-0.1, -0.05) is 13.0 Å². The molecule has 1 unspecified atom stereocenters. The lowest BCUT2D eigenvalue weighted by atomic mass is 10.1. The summed E-state index contributed by atoms with van der Waals surface area (Å²) in [5, 5.41) is 7.91. The number of amides is 3. The third kappa shape index (κ3) is 6.85. The normalized spacial score (nSPS) is 20.1. The minimum Gasteiger partial charge on any atom is -0.448 e. The molecule has 2 heterocycles. The zero-order valence-corrected chi connectivity index (χ0v) is 17.8. The predicted octanol–water partition coefficient (Wildman–Crippen LogP) is 1.84. The molecule has 1 fully saturated rings. The zero-order valence-electron chi connectivity index (χ0n) is 17.8. The molecule has 0 aromatic heterocycles. The molecule has 30 heavy (non-hydrogen) atoms. The van der Waals surface area contributed by atoms with E-state index < -0.39 is 11.9 Å². The van der Waals surface area contributed by atoms with Gasteiger partial charge in [0, 0.05) is 44.6 Å². The van der Waals surface area contributed by atoms with Gasteiger partial charge in [-0.3, -0.25) is 9.59 Å². The lowest BCUT2D eigenvalue weighted by Crippen LogP contribution is -2.41. The lowest BCUT2D eigenvalue weighted by Gasteiger charge is -2.27. The van der Waals surface area contributed by atoms with Crippen molar-refractivity contribution in [2.24, 2.45) is 11.0 Å². The highest BCUT2D eigenvalue weighted by molar-refractivity contribution is 5.81. The van der Waals surface area contributed by atoms with Crippen LogP contribution < -0.4 is 5.32 Å². The summed E-state index contributed by atoms with van der Waals surface area (Å²) in [4.78, 5) is 38.4. The average Bonchev–Trinajstić information content (AvgIpc) is 3.07. The monoisotopic (exact) mass is 423 g/mol. The fraction of sp³-hybridized carbons (Fsp3) is 0.600. The van der Waals surface area contributed by atoms with Gasteiger partial charge in [-0.2, -0.15) is 10.1 Å². The van der Waals surface area contributed by atoms with Crippen molar-refractivity contribution in [1.82, 2.24) is 20.1 Å². The number of allylic oxidation sites excluding steroid dienone is 2. The first-order chi connectivity index (χ1) is 14.3. The molecule has 3 amide bonds. The van der Waals surface area contributed by atoms with Crippen molar-refractivity contribution in [3.8, 4) is 0 Å². The number of halogens is 1. The zero-order chi connectivity index (χ0) is 22.1. The van der Waals surface area contributed by atoms with Crippen LogP contribution in [0.2, 0.25) is 0 Å². The number of nitrogens with zero attached hydrogens (tertiary/aromatic N) is 4. The summed E-state index contributed by atoms with van der Waals surface area (Å²) in [6.07, 6.45) is 5.03. The van der Waals surface area contributed by atoms with Crippen LogP contribution in [0.3, 0.4) is 0 Å². The molecule has 0 aliphatic carbocycles. The minimum absolute atomic E-state index is 0.00112. The SMILES string of the molecule is CCC=C(C=C(F)CN1C=NN(C(=O)OCC)CC1)N1CC(CNC(C)=O)CC1=O. The summed E-state index contributed by atoms with van der Waals surface area (Å²) < 4.78 is 19.6. The van der Waals surface area contributed by atoms with E-state index in [2.05, 4.69) is 10.4 Å². The van der Waals surface area contributed by atoms with Gasteiger partial charge < -0.3 is 19.9 Å². The van der Waals surface area contributed by atoms with Gasteiger partial charge in [0.05, 0.1) is 19.7 Å². The highest BCUT2D eigenvalue weighted by Gasteiger charge is 2.31. The first-order valence-electron chi connectivity index (χ1n) is 10.2. The number of nitrogens with one attached hydrogen (secondary N) is 1. The highest BCUT2D eigenvalue weighted by Crippen LogP contribution is 2.24. The Morgan fingerprint density at radius 2 is 2.13 bits per heavy atom. The molecule has 1 N–H and O–H groups in total. The van der Waals surface area contributed by atoms with Crippen LogP contribution in [-0.2, 0) is 14.3 Å². The first-order valence-corrected chi connectivity index (χ1v) is 10.2. The lowest BCUT2D eigenvalue weighted by molar-refractivity contribution is -0.126. The second-order valence-electron chi connectivity index (χ2n) is 7.16. The van der Waals surface area contributed by atoms with Crippen molar-refractivity contribution in [3.63, 3.8) is 0 Å². The number of hydrogen-bond donors (Lipinski definition) is 1. The fourth-order valence-corrected chi connectivity index (χ4v) is 3.24. The van der Waals surface area contributed by atoms with Crippen molar-refractivity contribution in [2.75, 3.05) is 39.3 Å². The molecule has 1 saturated heterocycles. The maximum Gasteiger partial charge on any atom is 0.430 e. The van der Waals surface area contributed by atoms with Gasteiger partial charge in [0.25, 0.3) is 0 Å². The smallest absolute Gasteiger partial charge is 0.430 e. The largest absolute Gasteiger partial charge is 0.448 e. The van der Waals surface area contributed by atoms with E-state index in [9.17, 15) is 18.8 Å². The third-order valence-electron chi connectivity index (χ3n) is 4.66. The van der Waals surface area contributed by atoms with E-state index >= 15 is 0 Å². The second kappa shape index (κ2) is 11.3. The average molecular weight is 423 g/mol. The highest BCUT2D eigenvalue weighted by atomic mass is 19.1. The summed E-state index contributed by atoms with van der Waals surface area (Å²) in [6.45, 7) is 6.89. The number of likely N-dealkylation sites (tertiary alicyclic amines) is 1. The van der Waals surface area contributed by atoms with Crippen molar-refractivity contribution >= 4 is 24.2 Å². The second-order valence-corrected chi connectivity index (χ2v) is 7.16. The molecule has 0 spiro atoms. The Kier molecular flexibility index (Phi) is 8.82. The molecule has 0 aromatic rings. The molecule has 2 aliphatic rings. The van der Waals surface area contributed by atoms with Crippen LogP contribution in [0.4, 0.5) is 9.18 Å². The van der Waals surface area contributed by atoms with E-state index in [4.69, 9.17) is 4.74 Å². The van der Waals surface area contributed by atoms with Crippen LogP contribution in [0, 0.1) is 5.92 Å². The van der Waals surface area contributed by atoms with Crippen LogP contribution >= 0.6 is 0 Å². The molecule has 9 nitrogen and oxygen atoms in total. The number of rotatable bonds is 8. The quantitative estimate of drug-likeness (QED) is 0.601. The predicted molar refractivity (Wildman–Crippen MR) is 110 cm³/mol. The fourth-order valence-electron chi connectivity index (χ4n) is 3.24. The molecule has 0 aromatic carbocycles. The van der Waals surface area contributed by atoms with E-state index in [1.165, 1.54) is 24.3 Å². The summed E-state index contributed by atoms with van der Waals surface area (Å²) in [7, 11) is 0. The molecule has 10 heteroatoms. The molecule has 2 rings (SSSR count). The number of carbonyl (C=O) groups is 3. The molecular formula is C20H30FN5O4. The van der Waals surface area contributed by atoms with Gasteiger partial charge in [0.1, 0.15) is 12.2 Å². The topological polar surface area (TPSA) is 94.6 Å². The first kappa shape index (κ1) is 23.4. The molecule has 166 valence electrons. The Balaban J connectivity index is 1.98. The Morgan fingerprint density at radius 3 is 2.73 bits per heavy atom. The molecule has 1 atom stereocenters.